The van der Waals surface area contributed by atoms with Crippen molar-refractivity contribution in [1.82, 2.24) is 20.7 Å². The Labute approximate surface area is 285 Å². The van der Waals surface area contributed by atoms with E-state index in [1.807, 2.05) is 6.07 Å². The molecule has 1 aliphatic carbocycles. The highest BCUT2D eigenvalue weighted by Gasteiger charge is 2.58. The molecule has 0 spiro atoms. The summed E-state index contributed by atoms with van der Waals surface area (Å²) < 4.78 is 41.7. The minimum atomic E-state index is -5.03. The number of amidine groups is 1. The van der Waals surface area contributed by atoms with Crippen molar-refractivity contribution in [3.63, 3.8) is 0 Å². The van der Waals surface area contributed by atoms with Crippen LogP contribution in [-0.4, -0.2) is 93.3 Å². The number of carboxylic acid groups (broad SMARTS) is 1. The first-order chi connectivity index (χ1) is 22.8. The molecule has 1 aromatic carbocycles. The number of carbonyl (C=O) groups excluding carboxylic acids is 2. The summed E-state index contributed by atoms with van der Waals surface area (Å²) in [5.74, 6) is -2.79. The van der Waals surface area contributed by atoms with Crippen LogP contribution in [0.25, 0.3) is 0 Å². The standard InChI is InChI=1S/C29H38N8O10S2/c1-27(2)21(24(39)37(27)47-49(42,43)44)35-23(38)20(17-12-48-26(32)34-17)36-46-29(4,25(40)41)19-8-6-14-9-15(5-7-18(14)45-19)22(31)33-16-10-28(3,11-16)13-30/h5,7,9,12,16,19,21H,6,8,10-11,13,30H2,1-4H3,(H2,31,33)(H2,32,34)(H,35,38)(H,40,41)(H,42,43,44)/b36-20-/t16?,19-,21-,28?,29+/m1/s1. The van der Waals surface area contributed by atoms with E-state index in [4.69, 9.17) is 31.0 Å². The minimum absolute atomic E-state index is 0.0564. The number of nitrogens with two attached hydrogens (primary N) is 2. The molecule has 2 fully saturated rings. The predicted octanol–water partition coefficient (Wildman–Crippen LogP) is 0.565. The number of fused-ring (bicyclic) bond motifs is 1. The monoisotopic (exact) mass is 722 g/mol. The van der Waals surface area contributed by atoms with Crippen LogP contribution in [0.15, 0.2) is 28.7 Å². The van der Waals surface area contributed by atoms with Gasteiger partial charge in [0.15, 0.2) is 16.9 Å². The van der Waals surface area contributed by atoms with Crippen LogP contribution in [-0.2, 0) is 40.3 Å². The molecule has 3 heterocycles. The smallest absolute Gasteiger partial charge is 0.418 e. The van der Waals surface area contributed by atoms with Gasteiger partial charge in [0.05, 0.1) is 5.54 Å². The van der Waals surface area contributed by atoms with E-state index in [0.29, 0.717) is 29.3 Å². The second kappa shape index (κ2) is 12.8. The Kier molecular flexibility index (Phi) is 9.40. The topological polar surface area (TPSA) is 282 Å². The molecule has 1 saturated carbocycles. The van der Waals surface area contributed by atoms with Crippen LogP contribution < -0.4 is 26.8 Å². The molecule has 2 amide bonds. The van der Waals surface area contributed by atoms with Gasteiger partial charge in [-0.25, -0.2) is 9.78 Å². The number of rotatable bonds is 12. The first kappa shape index (κ1) is 35.9. The number of nitrogens with zero attached hydrogens (tertiary/aromatic N) is 3. The Hall–Kier alpha value is -4.37. The largest absolute Gasteiger partial charge is 0.485 e. The van der Waals surface area contributed by atoms with Gasteiger partial charge in [-0.15, -0.1) is 15.6 Å². The number of hydroxylamine groups is 2. The minimum Gasteiger partial charge on any atom is -0.485 e. The van der Waals surface area contributed by atoms with Crippen LogP contribution in [0.1, 0.15) is 63.8 Å². The molecule has 9 N–H and O–H groups in total. The number of hydrogen-bond donors (Lipinski definition) is 7. The zero-order valence-corrected chi connectivity index (χ0v) is 28.7. The van der Waals surface area contributed by atoms with Gasteiger partial charge in [-0.1, -0.05) is 12.1 Å². The van der Waals surface area contributed by atoms with Crippen LogP contribution in [0.3, 0.4) is 0 Å². The van der Waals surface area contributed by atoms with E-state index in [-0.39, 0.29) is 34.5 Å². The summed E-state index contributed by atoms with van der Waals surface area (Å²) in [4.78, 5) is 48.3. The summed E-state index contributed by atoms with van der Waals surface area (Å²) in [5.41, 5.74) is 8.92. The van der Waals surface area contributed by atoms with Gasteiger partial charge in [0.2, 0.25) is 0 Å². The Morgan fingerprint density at radius 1 is 1.29 bits per heavy atom. The number of aliphatic carboxylic acids is 1. The first-order valence-electron chi connectivity index (χ1n) is 15.1. The van der Waals surface area contributed by atoms with E-state index >= 15 is 0 Å². The van der Waals surface area contributed by atoms with Crippen molar-refractivity contribution in [3.8, 4) is 5.75 Å². The maximum absolute atomic E-state index is 13.4. The average molecular weight is 723 g/mol. The van der Waals surface area contributed by atoms with Crippen LogP contribution in [0.5, 0.6) is 5.75 Å². The lowest BCUT2D eigenvalue weighted by Gasteiger charge is -2.50. The Morgan fingerprint density at radius 2 is 1.98 bits per heavy atom. The van der Waals surface area contributed by atoms with Crippen LogP contribution in [0.4, 0.5) is 5.13 Å². The molecule has 3 aliphatic rings. The molecular weight excluding hydrogens is 684 g/mol. The molecule has 0 radical (unpaired) electrons. The van der Waals surface area contributed by atoms with Crippen molar-refractivity contribution in [3.05, 3.63) is 40.4 Å². The number of thiazole rings is 1. The van der Waals surface area contributed by atoms with Crippen molar-refractivity contribution in [1.29, 1.82) is 5.41 Å². The van der Waals surface area contributed by atoms with E-state index in [1.165, 1.54) is 26.2 Å². The number of ether oxygens (including phenoxy) is 1. The Morgan fingerprint density at radius 3 is 2.55 bits per heavy atom. The molecule has 20 heteroatoms. The lowest BCUT2D eigenvalue weighted by Crippen LogP contribution is -2.76. The van der Waals surface area contributed by atoms with Crippen molar-refractivity contribution < 1.29 is 46.3 Å². The molecule has 2 aromatic rings. The van der Waals surface area contributed by atoms with Gasteiger partial charge in [0.1, 0.15) is 23.3 Å². The fourth-order valence-electron chi connectivity index (χ4n) is 6.01. The number of nitrogen functional groups attached to an aromatic ring is 1. The third-order valence-corrected chi connectivity index (χ3v) is 10.1. The first-order valence-corrected chi connectivity index (χ1v) is 17.4. The van der Waals surface area contributed by atoms with E-state index in [0.717, 1.165) is 29.7 Å². The number of anilines is 1. The number of amides is 2. The molecule has 49 heavy (non-hydrogen) atoms. The van der Waals surface area contributed by atoms with Crippen molar-refractivity contribution in [2.45, 2.75) is 82.7 Å². The number of oxime groups is 1. The molecule has 0 unspecified atom stereocenters. The van der Waals surface area contributed by atoms with Gasteiger partial charge in [-0.3, -0.25) is 19.6 Å². The highest BCUT2D eigenvalue weighted by atomic mass is 32.3. The summed E-state index contributed by atoms with van der Waals surface area (Å²) in [6.07, 6.45) is 1.25. The van der Waals surface area contributed by atoms with Gasteiger partial charge in [-0.2, -0.15) is 13.5 Å². The van der Waals surface area contributed by atoms with E-state index in [9.17, 15) is 27.9 Å². The van der Waals surface area contributed by atoms with Gasteiger partial charge in [-0.05, 0) is 82.2 Å². The molecular formula is C29H38N8O10S2. The number of carbonyl (C=O) groups is 3. The highest BCUT2D eigenvalue weighted by molar-refractivity contribution is 7.80. The van der Waals surface area contributed by atoms with Crippen molar-refractivity contribution in [2.24, 2.45) is 16.3 Å². The number of benzene rings is 1. The fourth-order valence-corrected chi connectivity index (χ4v) is 7.02. The zero-order chi connectivity index (χ0) is 36.1. The predicted molar refractivity (Wildman–Crippen MR) is 175 cm³/mol. The van der Waals surface area contributed by atoms with Crippen molar-refractivity contribution in [2.75, 3.05) is 12.3 Å². The van der Waals surface area contributed by atoms with Gasteiger partial charge >= 0.3 is 16.4 Å². The van der Waals surface area contributed by atoms with Crippen LogP contribution in [0, 0.1) is 10.8 Å². The zero-order valence-electron chi connectivity index (χ0n) is 27.1. The molecule has 0 bridgehead atoms. The van der Waals surface area contributed by atoms with E-state index in [1.54, 1.807) is 12.1 Å². The van der Waals surface area contributed by atoms with Crippen LogP contribution >= 0.6 is 11.3 Å². The van der Waals surface area contributed by atoms with Crippen LogP contribution in [0.2, 0.25) is 0 Å². The Balaban J connectivity index is 1.32. The molecule has 1 aromatic heterocycles. The Bertz CT molecular complexity index is 1820. The maximum Gasteiger partial charge on any atom is 0.418 e. The second-order valence-electron chi connectivity index (χ2n) is 13.3. The normalized spacial score (nSPS) is 25.8. The summed E-state index contributed by atoms with van der Waals surface area (Å²) in [7, 11) is -5.03. The van der Waals surface area contributed by atoms with E-state index in [2.05, 4.69) is 32.0 Å². The third-order valence-electron chi connectivity index (χ3n) is 9.08. The number of nitrogens with one attached hydrogen (secondary N) is 3. The number of aromatic nitrogens is 1. The second-order valence-corrected chi connectivity index (χ2v) is 15.2. The number of hydrogen-bond acceptors (Lipinski definition) is 14. The molecule has 266 valence electrons. The van der Waals surface area contributed by atoms with Gasteiger partial charge in [0, 0.05) is 17.0 Å². The molecule has 5 rings (SSSR count). The number of aryl methyl sites for hydroxylation is 1. The third kappa shape index (κ3) is 7.18. The summed E-state index contributed by atoms with van der Waals surface area (Å²) >= 11 is 0.962. The van der Waals surface area contributed by atoms with Gasteiger partial charge in [0.25, 0.3) is 17.4 Å². The number of carboxylic acids is 1. The molecule has 1 saturated heterocycles. The fraction of sp³-hybridized carbons (Fsp3) is 0.517. The average Bonchev–Trinajstić information content (AvgIpc) is 3.45. The number of β-lactam (4-membered cyclic amide) rings is 1. The summed E-state index contributed by atoms with van der Waals surface area (Å²) in [6, 6.07) is 4.00. The lowest BCUT2D eigenvalue weighted by atomic mass is 9.67. The molecule has 2 aliphatic heterocycles. The molecule has 3 atom stereocenters. The van der Waals surface area contributed by atoms with Crippen molar-refractivity contribution >= 4 is 56.2 Å². The summed E-state index contributed by atoms with van der Waals surface area (Å²) in [5, 5.41) is 30.1. The molecule has 18 nitrogen and oxygen atoms in total. The summed E-state index contributed by atoms with van der Waals surface area (Å²) in [6.45, 7) is 6.68. The van der Waals surface area contributed by atoms with E-state index < -0.39 is 57.2 Å². The lowest BCUT2D eigenvalue weighted by molar-refractivity contribution is -0.218. The quantitative estimate of drug-likeness (QED) is 0.0519. The van der Waals surface area contributed by atoms with Gasteiger partial charge < -0.3 is 36.8 Å². The maximum atomic E-state index is 13.4. The highest BCUT2D eigenvalue weighted by Crippen LogP contribution is 2.40. The SMILES string of the molecule is CC1(CN)CC(NC(=N)c2ccc3c(c2)CC[C@H]([C@](C)(O/N=C(\C(=O)N[C@@H]2C(=O)N(OS(=O)(=O)O)C2(C)C)c2csc(N)n2)C(=O)O)O3)C1.